The highest BCUT2D eigenvalue weighted by atomic mass is 35.5. The van der Waals surface area contributed by atoms with E-state index in [1.807, 2.05) is 0 Å². The first-order valence-electron chi connectivity index (χ1n) is 5.67. The van der Waals surface area contributed by atoms with Crippen LogP contribution in [0.2, 0.25) is 5.02 Å². The van der Waals surface area contributed by atoms with Gasteiger partial charge in [-0.05, 0) is 18.2 Å². The summed E-state index contributed by atoms with van der Waals surface area (Å²) in [6, 6.07) is 4.43. The summed E-state index contributed by atoms with van der Waals surface area (Å²) in [5.41, 5.74) is 5.91. The van der Waals surface area contributed by atoms with Gasteiger partial charge in [0.05, 0.1) is 23.6 Å². The van der Waals surface area contributed by atoms with Crippen molar-refractivity contribution in [2.75, 3.05) is 36.1 Å². The number of anilines is 2. The number of benzene rings is 1. The SMILES string of the molecule is CS(=O)(=O)Nc1ccc(NC(=O)COCCN)cc1Cl. The van der Waals surface area contributed by atoms with Gasteiger partial charge in [0.1, 0.15) is 6.61 Å². The van der Waals surface area contributed by atoms with Crippen molar-refractivity contribution >= 4 is 38.9 Å². The number of nitrogens with one attached hydrogen (secondary N) is 2. The number of amides is 1. The van der Waals surface area contributed by atoms with E-state index in [1.54, 1.807) is 0 Å². The molecule has 0 aliphatic carbocycles. The lowest BCUT2D eigenvalue weighted by Gasteiger charge is -2.09. The smallest absolute Gasteiger partial charge is 0.250 e. The molecule has 1 aromatic rings. The quantitative estimate of drug-likeness (QED) is 0.638. The lowest BCUT2D eigenvalue weighted by molar-refractivity contribution is -0.120. The van der Waals surface area contributed by atoms with Gasteiger partial charge >= 0.3 is 0 Å². The molecule has 0 aromatic heterocycles. The number of carbonyl (C=O) groups is 1. The maximum absolute atomic E-state index is 11.5. The van der Waals surface area contributed by atoms with Crippen molar-refractivity contribution in [1.29, 1.82) is 0 Å². The molecule has 0 aliphatic heterocycles. The Morgan fingerprint density at radius 1 is 1.45 bits per heavy atom. The van der Waals surface area contributed by atoms with Crippen molar-refractivity contribution < 1.29 is 17.9 Å². The van der Waals surface area contributed by atoms with Crippen LogP contribution in [0.5, 0.6) is 0 Å². The van der Waals surface area contributed by atoms with Gasteiger partial charge < -0.3 is 15.8 Å². The van der Waals surface area contributed by atoms with Crippen molar-refractivity contribution in [3.8, 4) is 0 Å². The van der Waals surface area contributed by atoms with Gasteiger partial charge in [-0.15, -0.1) is 0 Å². The Morgan fingerprint density at radius 2 is 2.15 bits per heavy atom. The summed E-state index contributed by atoms with van der Waals surface area (Å²) >= 11 is 5.92. The third-order valence-corrected chi connectivity index (χ3v) is 2.95. The van der Waals surface area contributed by atoms with E-state index in [9.17, 15) is 13.2 Å². The zero-order chi connectivity index (χ0) is 15.2. The third-order valence-electron chi connectivity index (χ3n) is 2.04. The van der Waals surface area contributed by atoms with Crippen LogP contribution < -0.4 is 15.8 Å². The van der Waals surface area contributed by atoms with Crippen LogP contribution in [0, 0.1) is 0 Å². The van der Waals surface area contributed by atoms with Crippen LogP contribution in [0.4, 0.5) is 11.4 Å². The van der Waals surface area contributed by atoms with Gasteiger partial charge in [-0.25, -0.2) is 8.42 Å². The first kappa shape index (κ1) is 16.7. The molecule has 0 saturated carbocycles. The molecule has 112 valence electrons. The van der Waals surface area contributed by atoms with E-state index in [0.717, 1.165) is 6.26 Å². The number of hydrogen-bond donors (Lipinski definition) is 3. The van der Waals surface area contributed by atoms with Crippen LogP contribution in [0.3, 0.4) is 0 Å². The molecule has 1 aromatic carbocycles. The minimum Gasteiger partial charge on any atom is -0.370 e. The number of sulfonamides is 1. The number of nitrogens with two attached hydrogens (primary N) is 1. The van der Waals surface area contributed by atoms with Crippen LogP contribution in [0.1, 0.15) is 0 Å². The van der Waals surface area contributed by atoms with Gasteiger partial charge in [0.25, 0.3) is 0 Å². The molecule has 7 nitrogen and oxygen atoms in total. The van der Waals surface area contributed by atoms with Crippen molar-refractivity contribution in [1.82, 2.24) is 0 Å². The molecule has 20 heavy (non-hydrogen) atoms. The summed E-state index contributed by atoms with van der Waals surface area (Å²) in [5.74, 6) is -0.349. The topological polar surface area (TPSA) is 111 Å². The molecule has 1 amide bonds. The van der Waals surface area contributed by atoms with E-state index in [0.29, 0.717) is 18.8 Å². The second-order valence-corrected chi connectivity index (χ2v) is 6.11. The van der Waals surface area contributed by atoms with Crippen molar-refractivity contribution in [3.63, 3.8) is 0 Å². The highest BCUT2D eigenvalue weighted by Crippen LogP contribution is 2.26. The van der Waals surface area contributed by atoms with Crippen molar-refractivity contribution in [2.45, 2.75) is 0 Å². The summed E-state index contributed by atoms with van der Waals surface area (Å²) in [6.45, 7) is 0.522. The molecule has 0 spiro atoms. The lowest BCUT2D eigenvalue weighted by atomic mass is 10.3. The summed E-state index contributed by atoms with van der Waals surface area (Å²) in [7, 11) is -3.40. The normalized spacial score (nSPS) is 11.2. The largest absolute Gasteiger partial charge is 0.370 e. The second kappa shape index (κ2) is 7.44. The Hall–Kier alpha value is -1.35. The number of carbonyl (C=O) groups excluding carboxylic acids is 1. The Labute approximate surface area is 122 Å². The van der Waals surface area contributed by atoms with Gasteiger partial charge in [-0.2, -0.15) is 0 Å². The maximum atomic E-state index is 11.5. The van der Waals surface area contributed by atoms with Crippen LogP contribution in [0.15, 0.2) is 18.2 Å². The van der Waals surface area contributed by atoms with Gasteiger partial charge in [-0.3, -0.25) is 9.52 Å². The zero-order valence-corrected chi connectivity index (χ0v) is 12.4. The molecular weight excluding hydrogens is 306 g/mol. The molecule has 0 aliphatic rings. The predicted octanol–water partition coefficient (Wildman–Crippen LogP) is 0.625. The van der Waals surface area contributed by atoms with E-state index in [1.165, 1.54) is 18.2 Å². The lowest BCUT2D eigenvalue weighted by Crippen LogP contribution is -2.20. The molecule has 0 fully saturated rings. The van der Waals surface area contributed by atoms with Crippen LogP contribution in [-0.4, -0.2) is 40.3 Å². The van der Waals surface area contributed by atoms with Gasteiger partial charge in [0.2, 0.25) is 15.9 Å². The molecule has 0 saturated heterocycles. The predicted molar refractivity (Wildman–Crippen MR) is 78.4 cm³/mol. The molecule has 0 radical (unpaired) electrons. The first-order chi connectivity index (χ1) is 9.31. The molecular formula is C11H16ClN3O4S. The average Bonchev–Trinajstić information content (AvgIpc) is 2.31. The zero-order valence-electron chi connectivity index (χ0n) is 10.8. The second-order valence-electron chi connectivity index (χ2n) is 3.96. The molecule has 4 N–H and O–H groups in total. The Kier molecular flexibility index (Phi) is 6.21. The summed E-state index contributed by atoms with van der Waals surface area (Å²) in [5, 5.41) is 2.74. The fourth-order valence-corrected chi connectivity index (χ4v) is 2.18. The van der Waals surface area contributed by atoms with Gasteiger partial charge in [-0.1, -0.05) is 11.6 Å². The molecule has 0 heterocycles. The average molecular weight is 322 g/mol. The first-order valence-corrected chi connectivity index (χ1v) is 7.94. The van der Waals surface area contributed by atoms with Crippen LogP contribution >= 0.6 is 11.6 Å². The van der Waals surface area contributed by atoms with E-state index < -0.39 is 10.0 Å². The van der Waals surface area contributed by atoms with Crippen LogP contribution in [-0.2, 0) is 19.6 Å². The van der Waals surface area contributed by atoms with Gasteiger partial charge in [0.15, 0.2) is 0 Å². The van der Waals surface area contributed by atoms with Crippen LogP contribution in [0.25, 0.3) is 0 Å². The molecule has 1 rings (SSSR count). The standard InChI is InChI=1S/C11H16ClN3O4S/c1-20(17,18)15-10-3-2-8(6-9(10)12)14-11(16)7-19-5-4-13/h2-3,6,15H,4-5,7,13H2,1H3,(H,14,16). The highest BCUT2D eigenvalue weighted by molar-refractivity contribution is 7.92. The van der Waals surface area contributed by atoms with Gasteiger partial charge in [0, 0.05) is 12.2 Å². The molecule has 0 atom stereocenters. The third kappa shape index (κ3) is 6.20. The molecule has 0 unspecified atom stereocenters. The van der Waals surface area contributed by atoms with E-state index in [2.05, 4.69) is 10.0 Å². The molecule has 9 heteroatoms. The fourth-order valence-electron chi connectivity index (χ4n) is 1.32. The Morgan fingerprint density at radius 3 is 2.70 bits per heavy atom. The van der Waals surface area contributed by atoms with Crippen molar-refractivity contribution in [3.05, 3.63) is 23.2 Å². The van der Waals surface area contributed by atoms with E-state index in [-0.39, 0.29) is 23.2 Å². The number of ether oxygens (including phenoxy) is 1. The minimum atomic E-state index is -3.40. The van der Waals surface area contributed by atoms with E-state index >= 15 is 0 Å². The van der Waals surface area contributed by atoms with Crippen molar-refractivity contribution in [2.24, 2.45) is 5.73 Å². The fraction of sp³-hybridized carbons (Fsp3) is 0.364. The number of halogens is 1. The Balaban J connectivity index is 2.65. The monoisotopic (exact) mass is 321 g/mol. The minimum absolute atomic E-state index is 0.113. The maximum Gasteiger partial charge on any atom is 0.250 e. The number of hydrogen-bond acceptors (Lipinski definition) is 5. The number of rotatable bonds is 7. The summed E-state index contributed by atoms with van der Waals surface area (Å²) < 4.78 is 29.4. The van der Waals surface area contributed by atoms with E-state index in [4.69, 9.17) is 22.1 Å². The Bertz CT molecular complexity index is 577. The summed E-state index contributed by atoms with van der Waals surface area (Å²) in [4.78, 5) is 11.5. The highest BCUT2D eigenvalue weighted by Gasteiger charge is 2.08. The summed E-state index contributed by atoms with van der Waals surface area (Å²) in [6.07, 6.45) is 1.02. The molecule has 0 bridgehead atoms.